The van der Waals surface area contributed by atoms with Crippen LogP contribution < -0.4 is 5.73 Å². The highest BCUT2D eigenvalue weighted by Gasteiger charge is 2.23. The Morgan fingerprint density at radius 3 is 2.83 bits per heavy atom. The summed E-state index contributed by atoms with van der Waals surface area (Å²) in [6.07, 6.45) is 3.71. The summed E-state index contributed by atoms with van der Waals surface area (Å²) in [6.45, 7) is 6.68. The molecule has 1 saturated heterocycles. The van der Waals surface area contributed by atoms with Crippen LogP contribution in [0, 0.1) is 0 Å². The Balaban J connectivity index is 0.00000162. The Morgan fingerprint density at radius 1 is 1.44 bits per heavy atom. The summed E-state index contributed by atoms with van der Waals surface area (Å²) in [4.78, 5) is 6.79. The first-order valence-electron chi connectivity index (χ1n) is 6.47. The Bertz CT molecular complexity index is 356. The van der Waals surface area contributed by atoms with Crippen molar-refractivity contribution in [3.8, 4) is 0 Å². The van der Waals surface area contributed by atoms with Crippen LogP contribution in [0.15, 0.2) is 4.52 Å². The van der Waals surface area contributed by atoms with Gasteiger partial charge in [-0.2, -0.15) is 4.98 Å². The molecule has 1 aromatic rings. The molecule has 1 atom stereocenters. The van der Waals surface area contributed by atoms with E-state index in [1.807, 2.05) is 0 Å². The molecule has 1 aromatic heterocycles. The van der Waals surface area contributed by atoms with Gasteiger partial charge in [-0.3, -0.25) is 4.90 Å². The van der Waals surface area contributed by atoms with E-state index in [-0.39, 0.29) is 12.4 Å². The Morgan fingerprint density at radius 2 is 2.22 bits per heavy atom. The number of hydrogen-bond acceptors (Lipinski definition) is 5. The number of halogens is 1. The molecule has 104 valence electrons. The lowest BCUT2D eigenvalue weighted by Crippen LogP contribution is -2.43. The number of rotatable bonds is 4. The Hall–Kier alpha value is -0.650. The van der Waals surface area contributed by atoms with E-state index in [0.717, 1.165) is 31.3 Å². The van der Waals surface area contributed by atoms with Crippen molar-refractivity contribution >= 4 is 12.4 Å². The molecule has 2 heterocycles. The molecule has 0 aliphatic carbocycles. The molecular formula is C12H23ClN4O. The Kier molecular flexibility index (Phi) is 6.05. The fourth-order valence-electron chi connectivity index (χ4n) is 2.28. The van der Waals surface area contributed by atoms with Gasteiger partial charge in [0.2, 0.25) is 5.89 Å². The monoisotopic (exact) mass is 274 g/mol. The van der Waals surface area contributed by atoms with E-state index in [4.69, 9.17) is 10.3 Å². The van der Waals surface area contributed by atoms with Crippen molar-refractivity contribution in [3.63, 3.8) is 0 Å². The highest BCUT2D eigenvalue weighted by atomic mass is 35.5. The molecule has 0 aromatic carbocycles. The highest BCUT2D eigenvalue weighted by molar-refractivity contribution is 5.85. The maximum atomic E-state index is 5.79. The largest absolute Gasteiger partial charge is 0.339 e. The van der Waals surface area contributed by atoms with Gasteiger partial charge in [0.05, 0.1) is 6.54 Å². The lowest BCUT2D eigenvalue weighted by atomic mass is 10.0. The summed E-state index contributed by atoms with van der Waals surface area (Å²) >= 11 is 0. The SMILES string of the molecule is CC(C)c1nc(CN2CCCCC2CN)no1.Cl. The van der Waals surface area contributed by atoms with Gasteiger partial charge in [0.15, 0.2) is 5.82 Å². The van der Waals surface area contributed by atoms with Crippen LogP contribution in [0.5, 0.6) is 0 Å². The van der Waals surface area contributed by atoms with Crippen LogP contribution in [-0.4, -0.2) is 34.2 Å². The van der Waals surface area contributed by atoms with E-state index < -0.39 is 0 Å². The minimum atomic E-state index is 0. The standard InChI is InChI=1S/C12H22N4O.ClH/c1-9(2)12-14-11(15-17-12)8-16-6-4-3-5-10(16)7-13;/h9-10H,3-8,13H2,1-2H3;1H. The van der Waals surface area contributed by atoms with E-state index in [0.29, 0.717) is 12.0 Å². The molecule has 18 heavy (non-hydrogen) atoms. The second kappa shape index (κ2) is 7.07. The zero-order chi connectivity index (χ0) is 12.3. The van der Waals surface area contributed by atoms with Crippen molar-refractivity contribution in [3.05, 3.63) is 11.7 Å². The van der Waals surface area contributed by atoms with Crippen LogP contribution in [0.4, 0.5) is 0 Å². The fourth-order valence-corrected chi connectivity index (χ4v) is 2.28. The van der Waals surface area contributed by atoms with Crippen molar-refractivity contribution in [1.82, 2.24) is 15.0 Å². The molecule has 0 saturated carbocycles. The molecule has 5 nitrogen and oxygen atoms in total. The summed E-state index contributed by atoms with van der Waals surface area (Å²) in [5, 5.41) is 4.03. The molecule has 0 radical (unpaired) electrons. The van der Waals surface area contributed by atoms with Crippen LogP contribution in [0.3, 0.4) is 0 Å². The molecule has 6 heteroatoms. The van der Waals surface area contributed by atoms with Crippen LogP contribution in [0.1, 0.15) is 50.7 Å². The van der Waals surface area contributed by atoms with Crippen molar-refractivity contribution < 1.29 is 4.52 Å². The zero-order valence-corrected chi connectivity index (χ0v) is 11.9. The fraction of sp³-hybridized carbons (Fsp3) is 0.833. The molecule has 0 bridgehead atoms. The van der Waals surface area contributed by atoms with Gasteiger partial charge in [-0.1, -0.05) is 25.4 Å². The van der Waals surface area contributed by atoms with E-state index in [1.54, 1.807) is 0 Å². The van der Waals surface area contributed by atoms with Gasteiger partial charge >= 0.3 is 0 Å². The second-order valence-electron chi connectivity index (χ2n) is 5.06. The minimum Gasteiger partial charge on any atom is -0.339 e. The summed E-state index contributed by atoms with van der Waals surface area (Å²) in [5.41, 5.74) is 5.79. The first kappa shape index (κ1) is 15.4. The van der Waals surface area contributed by atoms with Crippen molar-refractivity contribution in [1.29, 1.82) is 0 Å². The number of nitrogens with zero attached hydrogens (tertiary/aromatic N) is 3. The maximum Gasteiger partial charge on any atom is 0.229 e. The average molecular weight is 275 g/mol. The van der Waals surface area contributed by atoms with Gasteiger partial charge in [-0.15, -0.1) is 12.4 Å². The summed E-state index contributed by atoms with van der Waals surface area (Å²) < 4.78 is 5.22. The summed E-state index contributed by atoms with van der Waals surface area (Å²) in [7, 11) is 0. The second-order valence-corrected chi connectivity index (χ2v) is 5.06. The van der Waals surface area contributed by atoms with Crippen LogP contribution in [0.25, 0.3) is 0 Å². The highest BCUT2D eigenvalue weighted by Crippen LogP contribution is 2.19. The third-order valence-electron chi connectivity index (χ3n) is 3.34. The molecule has 1 unspecified atom stereocenters. The zero-order valence-electron chi connectivity index (χ0n) is 11.1. The van der Waals surface area contributed by atoms with Crippen molar-refractivity contribution in [2.45, 2.75) is 51.6 Å². The third kappa shape index (κ3) is 3.67. The van der Waals surface area contributed by atoms with Gasteiger partial charge in [0.1, 0.15) is 0 Å². The third-order valence-corrected chi connectivity index (χ3v) is 3.34. The molecule has 0 amide bonds. The normalized spacial score (nSPS) is 21.0. The van der Waals surface area contributed by atoms with Crippen LogP contribution >= 0.6 is 12.4 Å². The number of aromatic nitrogens is 2. The quantitative estimate of drug-likeness (QED) is 0.909. The van der Waals surface area contributed by atoms with Gasteiger partial charge in [-0.25, -0.2) is 0 Å². The minimum absolute atomic E-state index is 0. The number of piperidine rings is 1. The molecule has 2 rings (SSSR count). The average Bonchev–Trinajstić information content (AvgIpc) is 2.78. The summed E-state index contributed by atoms with van der Waals surface area (Å²) in [6, 6.07) is 0.477. The molecule has 0 spiro atoms. The van der Waals surface area contributed by atoms with E-state index >= 15 is 0 Å². The van der Waals surface area contributed by atoms with Gasteiger partial charge in [-0.05, 0) is 19.4 Å². The topological polar surface area (TPSA) is 68.2 Å². The molecule has 1 fully saturated rings. The molecule has 1 aliphatic rings. The predicted octanol–water partition coefficient (Wildman–Crippen LogP) is 1.93. The number of hydrogen-bond donors (Lipinski definition) is 1. The maximum absolute atomic E-state index is 5.79. The smallest absolute Gasteiger partial charge is 0.229 e. The molecule has 2 N–H and O–H groups in total. The van der Waals surface area contributed by atoms with E-state index in [2.05, 4.69) is 28.9 Å². The van der Waals surface area contributed by atoms with Gasteiger partial charge in [0, 0.05) is 18.5 Å². The van der Waals surface area contributed by atoms with Crippen LogP contribution in [0.2, 0.25) is 0 Å². The first-order chi connectivity index (χ1) is 8.20. The first-order valence-corrected chi connectivity index (χ1v) is 6.47. The lowest BCUT2D eigenvalue weighted by molar-refractivity contribution is 0.140. The molecular weight excluding hydrogens is 252 g/mol. The number of nitrogens with two attached hydrogens (primary N) is 1. The van der Waals surface area contributed by atoms with Crippen molar-refractivity contribution in [2.24, 2.45) is 5.73 Å². The Labute approximate surface area is 115 Å². The summed E-state index contributed by atoms with van der Waals surface area (Å²) in [5.74, 6) is 1.80. The van der Waals surface area contributed by atoms with E-state index in [9.17, 15) is 0 Å². The van der Waals surface area contributed by atoms with Gasteiger partial charge in [0.25, 0.3) is 0 Å². The van der Waals surface area contributed by atoms with E-state index in [1.165, 1.54) is 19.3 Å². The lowest BCUT2D eigenvalue weighted by Gasteiger charge is -2.33. The van der Waals surface area contributed by atoms with Crippen LogP contribution in [-0.2, 0) is 6.54 Å². The number of likely N-dealkylation sites (tertiary alicyclic amines) is 1. The predicted molar refractivity (Wildman–Crippen MR) is 72.7 cm³/mol. The molecule has 1 aliphatic heterocycles. The van der Waals surface area contributed by atoms with Gasteiger partial charge < -0.3 is 10.3 Å². The van der Waals surface area contributed by atoms with Crippen molar-refractivity contribution in [2.75, 3.05) is 13.1 Å².